The second-order valence-electron chi connectivity index (χ2n) is 8.78. The zero-order valence-electron chi connectivity index (χ0n) is 19.2. The molecular weight excluding hydrogens is 437 g/mol. The highest BCUT2D eigenvalue weighted by Crippen LogP contribution is 2.48. The number of aryl methyl sites for hydroxylation is 2. The van der Waals surface area contributed by atoms with Crippen molar-refractivity contribution in [2.24, 2.45) is 0 Å². The molecule has 0 aliphatic carbocycles. The normalized spacial score (nSPS) is 15.8. The van der Waals surface area contributed by atoms with Gasteiger partial charge in [-0.15, -0.1) is 10.8 Å². The Morgan fingerprint density at radius 1 is 0.848 bits per heavy atom. The van der Waals surface area contributed by atoms with Gasteiger partial charge in [0.15, 0.2) is 0 Å². The van der Waals surface area contributed by atoms with E-state index in [0.29, 0.717) is 13.1 Å². The average Bonchev–Trinajstić information content (AvgIpc) is 2.83. The van der Waals surface area contributed by atoms with Gasteiger partial charge in [0.05, 0.1) is 5.25 Å². The highest BCUT2D eigenvalue weighted by Gasteiger charge is 2.29. The lowest BCUT2D eigenvalue weighted by molar-refractivity contribution is 0.325. The van der Waals surface area contributed by atoms with Crippen LogP contribution in [0.4, 0.5) is 10.1 Å². The minimum atomic E-state index is -2.69. The summed E-state index contributed by atoms with van der Waals surface area (Å²) in [7, 11) is -2.69. The van der Waals surface area contributed by atoms with Gasteiger partial charge in [-0.05, 0) is 85.3 Å². The number of hydrogen-bond acceptors (Lipinski definition) is 5. The number of pyridine rings is 1. The molecule has 0 radical (unpaired) electrons. The maximum Gasteiger partial charge on any atom is 0.124 e. The molecule has 0 bridgehead atoms. The highest BCUT2D eigenvalue weighted by molar-refractivity contribution is 8.22. The van der Waals surface area contributed by atoms with Crippen molar-refractivity contribution >= 4 is 16.5 Å². The summed E-state index contributed by atoms with van der Waals surface area (Å²) in [6.45, 7) is 6.52. The van der Waals surface area contributed by atoms with Gasteiger partial charge in [-0.1, -0.05) is 18.2 Å². The number of nitrogens with zero attached hydrogens (tertiary/aromatic N) is 3. The third-order valence-corrected chi connectivity index (χ3v) is 8.62. The molecule has 0 unspecified atom stereocenters. The van der Waals surface area contributed by atoms with Gasteiger partial charge in [0.2, 0.25) is 0 Å². The number of hydrogen-bond donors (Lipinski definition) is 2. The third kappa shape index (κ3) is 5.73. The van der Waals surface area contributed by atoms with Crippen molar-refractivity contribution in [3.8, 4) is 11.1 Å². The minimum Gasteiger partial charge on any atom is -0.369 e. The Hall–Kier alpha value is -2.45. The van der Waals surface area contributed by atoms with E-state index in [9.17, 15) is 13.5 Å². The quantitative estimate of drug-likeness (QED) is 0.453. The van der Waals surface area contributed by atoms with Crippen molar-refractivity contribution in [3.05, 3.63) is 83.9 Å². The second-order valence-corrected chi connectivity index (χ2v) is 11.4. The number of aromatic nitrogens is 1. The average molecular weight is 470 g/mol. The molecule has 2 N–H and O–H groups in total. The van der Waals surface area contributed by atoms with Crippen molar-refractivity contribution in [2.75, 3.05) is 31.1 Å². The van der Waals surface area contributed by atoms with Crippen LogP contribution in [0.15, 0.2) is 67.0 Å². The van der Waals surface area contributed by atoms with Gasteiger partial charge in [-0.2, -0.15) is 0 Å². The Kier molecular flexibility index (Phi) is 7.34. The summed E-state index contributed by atoms with van der Waals surface area (Å²) in [6.07, 6.45) is 5.04. The molecule has 0 atom stereocenters. The first-order valence-electron chi connectivity index (χ1n) is 11.4. The largest absolute Gasteiger partial charge is 0.369 e. The Bertz CT molecular complexity index is 1050. The van der Waals surface area contributed by atoms with E-state index in [2.05, 4.69) is 34.1 Å². The molecule has 1 aromatic heterocycles. The van der Waals surface area contributed by atoms with Gasteiger partial charge in [0.1, 0.15) is 5.82 Å². The van der Waals surface area contributed by atoms with Crippen LogP contribution in [-0.2, 0) is 12.8 Å². The summed E-state index contributed by atoms with van der Waals surface area (Å²) >= 11 is 0. The smallest absolute Gasteiger partial charge is 0.124 e. The first kappa shape index (κ1) is 23.7. The number of benzene rings is 2. The Labute approximate surface area is 197 Å². The van der Waals surface area contributed by atoms with E-state index in [1.54, 1.807) is 24.5 Å². The van der Waals surface area contributed by atoms with Gasteiger partial charge < -0.3 is 4.90 Å². The molecule has 0 amide bonds. The number of piperazine rings is 1. The van der Waals surface area contributed by atoms with Gasteiger partial charge in [0.25, 0.3) is 0 Å². The summed E-state index contributed by atoms with van der Waals surface area (Å²) in [4.78, 5) is 6.31. The first-order valence-corrected chi connectivity index (χ1v) is 13.0. The van der Waals surface area contributed by atoms with Crippen molar-refractivity contribution in [3.63, 3.8) is 0 Å². The maximum absolute atomic E-state index is 14.2. The summed E-state index contributed by atoms with van der Waals surface area (Å²) < 4.78 is 36.8. The van der Waals surface area contributed by atoms with Gasteiger partial charge in [-0.3, -0.25) is 14.1 Å². The van der Waals surface area contributed by atoms with Crippen LogP contribution in [0.25, 0.3) is 11.1 Å². The lowest BCUT2D eigenvalue weighted by Crippen LogP contribution is -2.48. The molecule has 1 aliphatic rings. The molecule has 3 aromatic rings. The Morgan fingerprint density at radius 3 is 2.12 bits per heavy atom. The lowest BCUT2D eigenvalue weighted by Gasteiger charge is -2.49. The fraction of sp³-hybridized carbons (Fsp3) is 0.346. The molecule has 5 nitrogen and oxygen atoms in total. The van der Waals surface area contributed by atoms with Crippen LogP contribution in [0.1, 0.15) is 25.0 Å². The van der Waals surface area contributed by atoms with Gasteiger partial charge in [-0.25, -0.2) is 8.70 Å². The molecule has 33 heavy (non-hydrogen) atoms. The molecule has 2 aromatic carbocycles. The molecule has 2 heterocycles. The predicted molar refractivity (Wildman–Crippen MR) is 135 cm³/mol. The molecule has 1 aliphatic heterocycles. The number of anilines is 1. The van der Waals surface area contributed by atoms with Crippen molar-refractivity contribution in [1.29, 1.82) is 0 Å². The van der Waals surface area contributed by atoms with Crippen LogP contribution < -0.4 is 4.90 Å². The van der Waals surface area contributed by atoms with E-state index in [0.717, 1.165) is 48.3 Å². The molecule has 4 rings (SSSR count). The summed E-state index contributed by atoms with van der Waals surface area (Å²) in [5.41, 5.74) is 5.17. The first-order chi connectivity index (χ1) is 15.8. The standard InChI is InChI=1S/C26H32FN3O2S/c1-20(2)33(31,32)30-15-13-29(14-16-30)26-7-5-21(6-8-26)3-4-22-17-24(19-25(27)18-22)23-9-11-28-12-10-23/h5-12,17-20,31-32H,3-4,13-16H2,1-2H3. The molecule has 1 saturated heterocycles. The summed E-state index contributed by atoms with van der Waals surface area (Å²) in [5, 5.41) is -0.165. The van der Waals surface area contributed by atoms with E-state index in [1.807, 2.05) is 36.4 Å². The summed E-state index contributed by atoms with van der Waals surface area (Å²) in [5.74, 6) is -0.220. The monoisotopic (exact) mass is 469 g/mol. The summed E-state index contributed by atoms with van der Waals surface area (Å²) in [6, 6.07) is 17.5. The van der Waals surface area contributed by atoms with Gasteiger partial charge >= 0.3 is 0 Å². The topological polar surface area (TPSA) is 59.8 Å². The lowest BCUT2D eigenvalue weighted by atomic mass is 9.99. The minimum absolute atomic E-state index is 0.165. The van der Waals surface area contributed by atoms with E-state index < -0.39 is 10.8 Å². The maximum atomic E-state index is 14.2. The van der Waals surface area contributed by atoms with Crippen LogP contribution in [-0.4, -0.2) is 49.8 Å². The van der Waals surface area contributed by atoms with E-state index in [4.69, 9.17) is 0 Å². The van der Waals surface area contributed by atoms with Crippen LogP contribution in [0, 0.1) is 5.82 Å². The molecular formula is C26H32FN3O2S. The van der Waals surface area contributed by atoms with Gasteiger partial charge in [0, 0.05) is 44.3 Å². The zero-order valence-corrected chi connectivity index (χ0v) is 20.0. The van der Waals surface area contributed by atoms with Crippen LogP contribution in [0.2, 0.25) is 0 Å². The van der Waals surface area contributed by atoms with E-state index in [1.165, 1.54) is 5.56 Å². The fourth-order valence-corrected chi connectivity index (χ4v) is 5.48. The number of halogens is 1. The molecule has 0 saturated carbocycles. The Morgan fingerprint density at radius 2 is 1.48 bits per heavy atom. The predicted octanol–water partition coefficient (Wildman–Crippen LogP) is 5.87. The van der Waals surface area contributed by atoms with Crippen molar-refractivity contribution in [1.82, 2.24) is 9.29 Å². The Balaban J connectivity index is 1.35. The highest BCUT2D eigenvalue weighted by atomic mass is 32.3. The van der Waals surface area contributed by atoms with E-state index >= 15 is 0 Å². The number of rotatable bonds is 7. The van der Waals surface area contributed by atoms with Crippen LogP contribution in [0.3, 0.4) is 0 Å². The fourth-order valence-electron chi connectivity index (χ4n) is 4.18. The van der Waals surface area contributed by atoms with Crippen molar-refractivity contribution < 1.29 is 13.5 Å². The molecule has 0 spiro atoms. The van der Waals surface area contributed by atoms with E-state index in [-0.39, 0.29) is 11.1 Å². The zero-order chi connectivity index (χ0) is 23.4. The second kappa shape index (κ2) is 10.2. The SMILES string of the molecule is CC(C)S(O)(O)N1CCN(c2ccc(CCc3cc(F)cc(-c4ccncc4)c3)cc2)CC1. The molecule has 7 heteroatoms. The van der Waals surface area contributed by atoms with Crippen LogP contribution in [0.5, 0.6) is 0 Å². The molecule has 1 fully saturated rings. The van der Waals surface area contributed by atoms with Crippen molar-refractivity contribution in [2.45, 2.75) is 31.9 Å². The van der Waals surface area contributed by atoms with Crippen LogP contribution >= 0.6 is 10.8 Å². The third-order valence-electron chi connectivity index (χ3n) is 6.23. The molecule has 176 valence electrons.